The maximum Gasteiger partial charge on any atom is 0.302 e. The fourth-order valence-electron chi connectivity index (χ4n) is 2.20. The fraction of sp³-hybridized carbons (Fsp3) is 0.750. The molecule has 0 radical (unpaired) electrons. The zero-order chi connectivity index (χ0) is 19.3. The highest BCUT2D eigenvalue weighted by Crippen LogP contribution is 2.57. The molecule has 0 amide bonds. The SMILES string of the molecule is CC(=O)OCC[P+](CCOC(C)=O)(CCOC(C)=O)CCOC(C)=O.[I-]. The molecule has 0 rings (SSSR count). The molecule has 0 heterocycles. The predicted octanol–water partition coefficient (Wildman–Crippen LogP) is -1.74. The lowest BCUT2D eigenvalue weighted by atomic mass is 10.7. The van der Waals surface area contributed by atoms with Crippen molar-refractivity contribution in [2.24, 2.45) is 0 Å². The second-order valence-electron chi connectivity index (χ2n) is 5.60. The van der Waals surface area contributed by atoms with Crippen LogP contribution in [0, 0.1) is 0 Å². The van der Waals surface area contributed by atoms with Crippen LogP contribution in [0.5, 0.6) is 0 Å². The maximum atomic E-state index is 11.0. The lowest BCUT2D eigenvalue weighted by Crippen LogP contribution is -3.00. The molecule has 0 bridgehead atoms. The largest absolute Gasteiger partial charge is 1.00 e. The molecule has 0 N–H and O–H groups in total. The predicted molar refractivity (Wildman–Crippen MR) is 92.9 cm³/mol. The minimum Gasteiger partial charge on any atom is -1.00 e. The first-order valence-corrected chi connectivity index (χ1v) is 10.6. The van der Waals surface area contributed by atoms with Gasteiger partial charge in [0.05, 0.1) is 24.6 Å². The van der Waals surface area contributed by atoms with E-state index in [1.165, 1.54) is 27.7 Å². The Morgan fingerprint density at radius 3 is 0.885 bits per heavy atom. The molecule has 0 aromatic rings. The summed E-state index contributed by atoms with van der Waals surface area (Å²) in [5.41, 5.74) is 0. The Morgan fingerprint density at radius 2 is 0.731 bits per heavy atom. The van der Waals surface area contributed by atoms with Gasteiger partial charge < -0.3 is 42.9 Å². The van der Waals surface area contributed by atoms with Gasteiger partial charge in [-0.25, -0.2) is 0 Å². The molecule has 10 heteroatoms. The third-order valence-corrected chi connectivity index (χ3v) is 8.01. The number of ether oxygens (including phenoxy) is 4. The van der Waals surface area contributed by atoms with Crippen LogP contribution in [0.1, 0.15) is 27.7 Å². The second kappa shape index (κ2) is 15.1. The molecular formula is C16H28IO8P. The standard InChI is InChI=1S/C16H28O8P.HI/c1-13(17)21-5-9-25(10-6-22-14(2)18,11-7-23-15(3)19)12-8-24-16(4)20;/h5-12H2,1-4H3;1H/q+1;/p-1. The van der Waals surface area contributed by atoms with E-state index in [2.05, 4.69) is 0 Å². The molecular weight excluding hydrogens is 478 g/mol. The molecule has 152 valence electrons. The fourth-order valence-corrected chi connectivity index (χ4v) is 5.46. The average molecular weight is 506 g/mol. The first-order chi connectivity index (χ1) is 11.7. The van der Waals surface area contributed by atoms with Gasteiger partial charge in [-0.2, -0.15) is 0 Å². The first-order valence-electron chi connectivity index (χ1n) is 8.05. The highest BCUT2D eigenvalue weighted by molar-refractivity contribution is 7.76. The van der Waals surface area contributed by atoms with Crippen LogP contribution in [-0.2, 0) is 38.1 Å². The summed E-state index contributed by atoms with van der Waals surface area (Å²) in [5.74, 6) is -1.51. The van der Waals surface area contributed by atoms with Crippen LogP contribution in [0.3, 0.4) is 0 Å². The Bertz CT molecular complexity index is 384. The van der Waals surface area contributed by atoms with Crippen molar-refractivity contribution in [3.63, 3.8) is 0 Å². The van der Waals surface area contributed by atoms with Gasteiger partial charge in [-0.1, -0.05) is 0 Å². The summed E-state index contributed by atoms with van der Waals surface area (Å²) in [4.78, 5) is 44.1. The van der Waals surface area contributed by atoms with Crippen LogP contribution in [0.15, 0.2) is 0 Å². The number of hydrogen-bond acceptors (Lipinski definition) is 8. The van der Waals surface area contributed by atoms with Gasteiger partial charge >= 0.3 is 23.9 Å². The Kier molecular flexibility index (Phi) is 15.9. The highest BCUT2D eigenvalue weighted by Gasteiger charge is 2.38. The van der Waals surface area contributed by atoms with Crippen LogP contribution in [0.2, 0.25) is 0 Å². The van der Waals surface area contributed by atoms with Crippen LogP contribution >= 0.6 is 7.26 Å². The quantitative estimate of drug-likeness (QED) is 0.133. The molecule has 26 heavy (non-hydrogen) atoms. The van der Waals surface area contributed by atoms with Crippen LogP contribution < -0.4 is 24.0 Å². The minimum absolute atomic E-state index is 0. The van der Waals surface area contributed by atoms with Crippen molar-refractivity contribution >= 4 is 31.1 Å². The highest BCUT2D eigenvalue weighted by atomic mass is 127. The summed E-state index contributed by atoms with van der Waals surface area (Å²) in [6.07, 6.45) is 2.32. The van der Waals surface area contributed by atoms with Gasteiger partial charge in [-0.3, -0.25) is 19.2 Å². The molecule has 0 aliphatic heterocycles. The molecule has 0 aliphatic carbocycles. The zero-order valence-corrected chi connectivity index (χ0v) is 18.8. The lowest BCUT2D eigenvalue weighted by molar-refractivity contribution is -0.141. The molecule has 0 unspecified atom stereocenters. The van der Waals surface area contributed by atoms with Crippen molar-refractivity contribution in [1.82, 2.24) is 0 Å². The van der Waals surface area contributed by atoms with Crippen molar-refractivity contribution in [3.05, 3.63) is 0 Å². The summed E-state index contributed by atoms with van der Waals surface area (Å²) >= 11 is 0. The summed E-state index contributed by atoms with van der Waals surface area (Å²) in [6.45, 7) is 6.22. The summed E-state index contributed by atoms with van der Waals surface area (Å²) in [6, 6.07) is 0. The van der Waals surface area contributed by atoms with E-state index >= 15 is 0 Å². The van der Waals surface area contributed by atoms with E-state index in [1.54, 1.807) is 0 Å². The smallest absolute Gasteiger partial charge is 0.302 e. The molecule has 0 aromatic carbocycles. The van der Waals surface area contributed by atoms with Gasteiger partial charge in [0.2, 0.25) is 0 Å². The Labute approximate surface area is 172 Å². The molecule has 8 nitrogen and oxygen atoms in total. The summed E-state index contributed by atoms with van der Waals surface area (Å²) in [5, 5.41) is 0. The number of esters is 4. The average Bonchev–Trinajstić information content (AvgIpc) is 2.45. The maximum absolute atomic E-state index is 11.0. The van der Waals surface area contributed by atoms with Crippen molar-refractivity contribution in [2.45, 2.75) is 27.7 Å². The minimum atomic E-state index is -1.83. The molecule has 0 saturated heterocycles. The van der Waals surface area contributed by atoms with E-state index < -0.39 is 7.26 Å². The van der Waals surface area contributed by atoms with E-state index in [0.717, 1.165) is 0 Å². The van der Waals surface area contributed by atoms with Gasteiger partial charge in [0, 0.05) is 35.0 Å². The first kappa shape index (κ1) is 27.3. The summed E-state index contributed by atoms with van der Waals surface area (Å²) < 4.78 is 20.2. The Hall–Kier alpha value is -0.960. The molecule has 0 saturated carbocycles. The zero-order valence-electron chi connectivity index (χ0n) is 15.7. The third-order valence-electron chi connectivity index (χ3n) is 3.48. The van der Waals surface area contributed by atoms with Crippen LogP contribution in [-0.4, -0.2) is 75.0 Å². The van der Waals surface area contributed by atoms with Gasteiger partial charge in [0.25, 0.3) is 0 Å². The molecule has 0 aliphatic rings. The van der Waals surface area contributed by atoms with E-state index in [0.29, 0.717) is 24.6 Å². The lowest BCUT2D eigenvalue weighted by Gasteiger charge is -2.27. The third kappa shape index (κ3) is 15.3. The monoisotopic (exact) mass is 506 g/mol. The van der Waals surface area contributed by atoms with E-state index in [4.69, 9.17) is 18.9 Å². The van der Waals surface area contributed by atoms with E-state index in [9.17, 15) is 19.2 Å². The number of rotatable bonds is 12. The van der Waals surface area contributed by atoms with Crippen molar-refractivity contribution in [3.8, 4) is 0 Å². The van der Waals surface area contributed by atoms with Gasteiger partial charge in [-0.05, 0) is 0 Å². The number of carbonyl (C=O) groups is 4. The van der Waals surface area contributed by atoms with Gasteiger partial charge in [0.15, 0.2) is 0 Å². The topological polar surface area (TPSA) is 105 Å². The number of hydrogen-bond donors (Lipinski definition) is 0. The van der Waals surface area contributed by atoms with Crippen LogP contribution in [0.25, 0.3) is 0 Å². The molecule has 0 spiro atoms. The summed E-state index contributed by atoms with van der Waals surface area (Å²) in [7, 11) is -1.83. The Balaban J connectivity index is 0. The molecule has 0 aromatic heterocycles. The van der Waals surface area contributed by atoms with E-state index in [-0.39, 0.29) is 74.3 Å². The van der Waals surface area contributed by atoms with Crippen LogP contribution in [0.4, 0.5) is 0 Å². The Morgan fingerprint density at radius 1 is 0.538 bits per heavy atom. The number of carbonyl (C=O) groups excluding carboxylic acids is 4. The van der Waals surface area contributed by atoms with Gasteiger partial charge in [0.1, 0.15) is 26.4 Å². The number of halogens is 1. The molecule has 0 fully saturated rings. The van der Waals surface area contributed by atoms with E-state index in [1.807, 2.05) is 0 Å². The second-order valence-corrected chi connectivity index (χ2v) is 10.1. The van der Waals surface area contributed by atoms with Crippen molar-refractivity contribution < 1.29 is 62.1 Å². The van der Waals surface area contributed by atoms with Crippen molar-refractivity contribution in [2.75, 3.05) is 51.1 Å². The normalized spacial score (nSPS) is 10.3. The molecule has 0 atom stereocenters. The van der Waals surface area contributed by atoms with Gasteiger partial charge in [-0.15, -0.1) is 0 Å². The van der Waals surface area contributed by atoms with Crippen molar-refractivity contribution in [1.29, 1.82) is 0 Å².